The van der Waals surface area contributed by atoms with Crippen LogP contribution < -0.4 is 9.80 Å². The second-order valence-electron chi connectivity index (χ2n) is 18.4. The van der Waals surface area contributed by atoms with E-state index in [4.69, 9.17) is 9.97 Å². The van der Waals surface area contributed by atoms with Gasteiger partial charge in [-0.1, -0.05) is 140 Å². The minimum Gasteiger partial charge on any atom is -0.332 e. The molecule has 0 N–H and O–H groups in total. The number of thioether (sulfide) groups is 2. The first-order chi connectivity index (χ1) is 34.2. The molecular formula is C62H40N4S3. The number of aromatic nitrogens is 2. The number of nitrogens with zero attached hydrogens (tertiary/aromatic N) is 4. The Labute approximate surface area is 413 Å². The van der Waals surface area contributed by atoms with Gasteiger partial charge in [0, 0.05) is 58.2 Å². The van der Waals surface area contributed by atoms with E-state index in [0.717, 1.165) is 28.5 Å². The van der Waals surface area contributed by atoms with E-state index >= 15 is 0 Å². The molecule has 4 nitrogen and oxygen atoms in total. The maximum Gasteiger partial charge on any atom is 0.231 e. The molecule has 9 aromatic carbocycles. The second kappa shape index (κ2) is 15.6. The summed E-state index contributed by atoms with van der Waals surface area (Å²) < 4.78 is 2.62. The molecular weight excluding hydrogens is 897 g/mol. The van der Waals surface area contributed by atoms with Crippen molar-refractivity contribution in [2.24, 2.45) is 0 Å². The van der Waals surface area contributed by atoms with E-state index in [1.165, 1.54) is 91.5 Å². The molecule has 2 aromatic heterocycles. The lowest BCUT2D eigenvalue weighted by atomic mass is 9.96. The Morgan fingerprint density at radius 1 is 0.348 bits per heavy atom. The lowest BCUT2D eigenvalue weighted by molar-refractivity contribution is 0.720. The maximum atomic E-state index is 5.37. The van der Waals surface area contributed by atoms with E-state index in [9.17, 15) is 0 Å². The third kappa shape index (κ3) is 6.24. The van der Waals surface area contributed by atoms with Crippen molar-refractivity contribution in [2.75, 3.05) is 9.80 Å². The predicted octanol–water partition coefficient (Wildman–Crippen LogP) is 17.6. The summed E-state index contributed by atoms with van der Waals surface area (Å²) in [5.41, 5.74) is 18.1. The minimum absolute atomic E-state index is 0.0573. The zero-order valence-electron chi connectivity index (χ0n) is 37.1. The quantitative estimate of drug-likeness (QED) is 0.165. The summed E-state index contributed by atoms with van der Waals surface area (Å²) in [6, 6.07) is 80.6. The van der Waals surface area contributed by atoms with Gasteiger partial charge in [0.1, 0.15) is 0 Å². The van der Waals surface area contributed by atoms with Gasteiger partial charge in [-0.15, -0.1) is 34.9 Å². The number of rotatable bonds is 6. The van der Waals surface area contributed by atoms with Gasteiger partial charge in [-0.05, 0) is 123 Å². The molecule has 4 atom stereocenters. The summed E-state index contributed by atoms with van der Waals surface area (Å²) in [4.78, 5) is 18.4. The molecule has 6 heterocycles. The van der Waals surface area contributed by atoms with Crippen LogP contribution >= 0.6 is 34.9 Å². The summed E-state index contributed by atoms with van der Waals surface area (Å²) in [5.74, 6) is 0.722. The van der Waals surface area contributed by atoms with Crippen LogP contribution in [0.5, 0.6) is 0 Å². The van der Waals surface area contributed by atoms with Gasteiger partial charge in [0.15, 0.2) is 0 Å². The Balaban J connectivity index is 0.820. The molecule has 0 amide bonds. The largest absolute Gasteiger partial charge is 0.332 e. The fraction of sp³-hybridized carbons (Fsp3) is 0.0645. The number of anilines is 4. The number of thiophene rings is 1. The van der Waals surface area contributed by atoms with Crippen molar-refractivity contribution >= 4 is 78.0 Å². The molecule has 0 aliphatic carbocycles. The molecule has 0 fully saturated rings. The highest BCUT2D eigenvalue weighted by Gasteiger charge is 2.48. The lowest BCUT2D eigenvalue weighted by Crippen LogP contribution is -2.22. The number of fused-ring (bicyclic) bond motifs is 13. The van der Waals surface area contributed by atoms with Crippen molar-refractivity contribution in [3.05, 3.63) is 241 Å². The Kier molecular flexibility index (Phi) is 8.92. The molecule has 0 saturated heterocycles. The Morgan fingerprint density at radius 3 is 1.32 bits per heavy atom. The molecule has 0 radical (unpaired) electrons. The first-order valence-electron chi connectivity index (χ1n) is 23.6. The summed E-state index contributed by atoms with van der Waals surface area (Å²) in [5, 5.41) is 3.12. The molecule has 4 unspecified atom stereocenters. The molecule has 11 aromatic rings. The van der Waals surface area contributed by atoms with Crippen LogP contribution in [0.3, 0.4) is 0 Å². The number of hydrogen-bond donors (Lipinski definition) is 0. The Hall–Kier alpha value is -7.42. The SMILES string of the molecule is c1ccc(-c2cc(-c3ccccc3)nc(N3c4ccc(-c5ccc6sc7ccc(-c8ccc9c(c8)C8Sc%10ccccc%10C8N9c8ccccc8)cc7c6c5)cc4C4Sc5ccccc5C43)n2)cc1. The predicted molar refractivity (Wildman–Crippen MR) is 289 cm³/mol. The highest BCUT2D eigenvalue weighted by atomic mass is 32.2. The van der Waals surface area contributed by atoms with Gasteiger partial charge >= 0.3 is 0 Å². The third-order valence-electron chi connectivity index (χ3n) is 14.5. The molecule has 4 aliphatic rings. The Morgan fingerprint density at radius 2 is 0.783 bits per heavy atom. The van der Waals surface area contributed by atoms with Crippen LogP contribution in [0.1, 0.15) is 44.8 Å². The highest BCUT2D eigenvalue weighted by Crippen LogP contribution is 2.66. The first-order valence-corrected chi connectivity index (χ1v) is 26.2. The van der Waals surface area contributed by atoms with Gasteiger partial charge in [0.2, 0.25) is 5.95 Å². The smallest absolute Gasteiger partial charge is 0.231 e. The van der Waals surface area contributed by atoms with E-state index in [0.29, 0.717) is 5.25 Å². The van der Waals surface area contributed by atoms with Crippen LogP contribution in [-0.4, -0.2) is 9.97 Å². The van der Waals surface area contributed by atoms with Crippen molar-refractivity contribution < 1.29 is 0 Å². The molecule has 7 heteroatoms. The third-order valence-corrected chi connectivity index (χ3v) is 18.5. The zero-order valence-corrected chi connectivity index (χ0v) is 39.6. The lowest BCUT2D eigenvalue weighted by Gasteiger charge is -2.27. The molecule has 69 heavy (non-hydrogen) atoms. The summed E-state index contributed by atoms with van der Waals surface area (Å²) in [6.45, 7) is 0. The monoisotopic (exact) mass is 936 g/mol. The van der Waals surface area contributed by atoms with Crippen LogP contribution in [0, 0.1) is 0 Å². The topological polar surface area (TPSA) is 32.3 Å². The van der Waals surface area contributed by atoms with Crippen molar-refractivity contribution in [3.63, 3.8) is 0 Å². The van der Waals surface area contributed by atoms with Gasteiger partial charge in [0.25, 0.3) is 0 Å². The van der Waals surface area contributed by atoms with Crippen molar-refractivity contribution in [1.29, 1.82) is 0 Å². The van der Waals surface area contributed by atoms with Crippen LogP contribution in [-0.2, 0) is 0 Å². The van der Waals surface area contributed by atoms with Crippen LogP contribution in [0.15, 0.2) is 228 Å². The van der Waals surface area contributed by atoms with Gasteiger partial charge in [-0.25, -0.2) is 9.97 Å². The Bertz CT molecular complexity index is 3800. The van der Waals surface area contributed by atoms with Crippen molar-refractivity contribution in [2.45, 2.75) is 32.4 Å². The fourth-order valence-corrected chi connectivity index (χ4v) is 15.4. The number of benzene rings is 9. The minimum atomic E-state index is 0.0573. The second-order valence-corrected chi connectivity index (χ2v) is 21.8. The maximum absolute atomic E-state index is 5.37. The van der Waals surface area contributed by atoms with Crippen LogP contribution in [0.25, 0.3) is 64.9 Å². The van der Waals surface area contributed by atoms with Gasteiger partial charge in [-0.3, -0.25) is 0 Å². The molecule has 326 valence electrons. The van der Waals surface area contributed by atoms with Crippen molar-refractivity contribution in [1.82, 2.24) is 9.97 Å². The van der Waals surface area contributed by atoms with E-state index in [-0.39, 0.29) is 17.3 Å². The van der Waals surface area contributed by atoms with Gasteiger partial charge in [-0.2, -0.15) is 0 Å². The summed E-state index contributed by atoms with van der Waals surface area (Å²) in [6.07, 6.45) is 0. The standard InChI is InChI=1S/C62H40N4S3/c1-4-14-37(15-5-1)50-36-51(38-16-6-2-7-17-38)64-62(63-50)66-53-29-25-40(35-49(53)61-59(66)45-21-11-13-23-55(45)69-61)42-27-31-57-47(33-42)46-32-41(26-30-56(46)67-57)39-24-28-52-48(34-39)60-58(44-20-10-12-22-54(44)68-60)65(52)43-18-8-3-9-19-43/h1-36,58-61H. The molecule has 0 spiro atoms. The number of para-hydroxylation sites is 1. The average Bonchev–Trinajstić information content (AvgIpc) is 4.23. The van der Waals surface area contributed by atoms with E-state index in [1.807, 2.05) is 34.9 Å². The molecule has 0 bridgehead atoms. The van der Waals surface area contributed by atoms with Crippen LogP contribution in [0.4, 0.5) is 23.0 Å². The average molecular weight is 937 g/mol. The normalized spacial score (nSPS) is 18.3. The number of hydrogen-bond acceptors (Lipinski definition) is 7. The zero-order chi connectivity index (χ0) is 45.2. The van der Waals surface area contributed by atoms with E-state index < -0.39 is 0 Å². The summed E-state index contributed by atoms with van der Waals surface area (Å²) in [7, 11) is 0. The van der Waals surface area contributed by atoms with Gasteiger partial charge < -0.3 is 9.80 Å². The van der Waals surface area contributed by atoms with E-state index in [1.54, 1.807) is 0 Å². The molecule has 4 aliphatic heterocycles. The summed E-state index contributed by atoms with van der Waals surface area (Å²) >= 11 is 5.86. The molecule has 15 rings (SSSR count). The van der Waals surface area contributed by atoms with Crippen molar-refractivity contribution in [3.8, 4) is 44.8 Å². The van der Waals surface area contributed by atoms with Crippen LogP contribution in [0.2, 0.25) is 0 Å². The molecule has 0 saturated carbocycles. The highest BCUT2D eigenvalue weighted by molar-refractivity contribution is 8.00. The first kappa shape index (κ1) is 39.6. The van der Waals surface area contributed by atoms with E-state index in [2.05, 4.69) is 228 Å². The fourth-order valence-electron chi connectivity index (χ4n) is 11.4. The van der Waals surface area contributed by atoms with Gasteiger partial charge in [0.05, 0.1) is 34.0 Å².